The molecule has 3 rings (SSSR count). The van der Waals surface area contributed by atoms with E-state index < -0.39 is 0 Å². The molecule has 0 aromatic heterocycles. The van der Waals surface area contributed by atoms with Crippen molar-refractivity contribution in [2.75, 3.05) is 20.2 Å². The summed E-state index contributed by atoms with van der Waals surface area (Å²) in [5.41, 5.74) is 4.14. The minimum Gasteiger partial charge on any atom is -0.497 e. The maximum Gasteiger partial charge on any atom is 0.119 e. The quantitative estimate of drug-likeness (QED) is 0.905. The number of methoxy groups -OCH3 is 1. The van der Waals surface area contributed by atoms with Gasteiger partial charge in [0.25, 0.3) is 0 Å². The molecule has 1 unspecified atom stereocenters. The molecule has 2 nitrogen and oxygen atoms in total. The second-order valence-corrected chi connectivity index (χ2v) is 6.04. The van der Waals surface area contributed by atoms with E-state index in [0.717, 1.165) is 29.7 Å². The predicted molar refractivity (Wildman–Crippen MR) is 85.6 cm³/mol. The van der Waals surface area contributed by atoms with Crippen molar-refractivity contribution in [1.29, 1.82) is 0 Å². The molecular formula is C17H18BrNO. The van der Waals surface area contributed by atoms with Crippen molar-refractivity contribution in [3.8, 4) is 5.75 Å². The van der Waals surface area contributed by atoms with Crippen molar-refractivity contribution in [1.82, 2.24) is 5.32 Å². The highest BCUT2D eigenvalue weighted by atomic mass is 79.9. The van der Waals surface area contributed by atoms with Crippen molar-refractivity contribution >= 4 is 15.9 Å². The van der Waals surface area contributed by atoms with Crippen LogP contribution in [0.5, 0.6) is 5.75 Å². The molecular weight excluding hydrogens is 314 g/mol. The summed E-state index contributed by atoms with van der Waals surface area (Å²) in [5, 5.41) is 3.54. The van der Waals surface area contributed by atoms with Gasteiger partial charge in [-0.2, -0.15) is 0 Å². The third kappa shape index (κ3) is 2.74. The van der Waals surface area contributed by atoms with E-state index in [2.05, 4.69) is 63.7 Å². The summed E-state index contributed by atoms with van der Waals surface area (Å²) < 4.78 is 6.53. The summed E-state index contributed by atoms with van der Waals surface area (Å²) in [6.45, 7) is 2.00. The van der Waals surface area contributed by atoms with Gasteiger partial charge in [-0.05, 0) is 53.9 Å². The highest BCUT2D eigenvalue weighted by Gasteiger charge is 2.20. The van der Waals surface area contributed by atoms with E-state index in [1.807, 2.05) is 0 Å². The molecule has 2 aromatic carbocycles. The SMILES string of the molecule is COc1ccc2c(c1)C(c1cccc(Br)c1)CNCC2. The van der Waals surface area contributed by atoms with Crippen LogP contribution in [0.25, 0.3) is 0 Å². The zero-order chi connectivity index (χ0) is 13.9. The van der Waals surface area contributed by atoms with Crippen LogP contribution in [-0.2, 0) is 6.42 Å². The van der Waals surface area contributed by atoms with Gasteiger partial charge in [0, 0.05) is 16.9 Å². The van der Waals surface area contributed by atoms with Gasteiger partial charge in [-0.1, -0.05) is 34.1 Å². The second-order valence-electron chi connectivity index (χ2n) is 5.13. The van der Waals surface area contributed by atoms with Gasteiger partial charge in [-0.25, -0.2) is 0 Å². The Kier molecular flexibility index (Phi) is 4.08. The molecule has 1 aliphatic heterocycles. The highest BCUT2D eigenvalue weighted by molar-refractivity contribution is 9.10. The van der Waals surface area contributed by atoms with Crippen molar-refractivity contribution in [2.45, 2.75) is 12.3 Å². The van der Waals surface area contributed by atoms with Gasteiger partial charge in [-0.3, -0.25) is 0 Å². The van der Waals surface area contributed by atoms with Gasteiger partial charge in [0.1, 0.15) is 5.75 Å². The standard InChI is InChI=1S/C17H18BrNO/c1-20-15-6-5-12-7-8-19-11-17(16(12)10-15)13-3-2-4-14(18)9-13/h2-6,9-10,17,19H,7-8,11H2,1H3. The van der Waals surface area contributed by atoms with Crippen molar-refractivity contribution in [3.05, 3.63) is 63.6 Å². The first-order valence-corrected chi connectivity index (χ1v) is 7.70. The zero-order valence-corrected chi connectivity index (χ0v) is 13.1. The number of halogens is 1. The van der Waals surface area contributed by atoms with Crippen LogP contribution in [0.1, 0.15) is 22.6 Å². The molecule has 0 saturated carbocycles. The molecule has 0 aliphatic carbocycles. The number of rotatable bonds is 2. The molecule has 0 radical (unpaired) electrons. The molecule has 104 valence electrons. The van der Waals surface area contributed by atoms with E-state index in [0.29, 0.717) is 5.92 Å². The number of hydrogen-bond donors (Lipinski definition) is 1. The molecule has 0 fully saturated rings. The van der Waals surface area contributed by atoms with Crippen LogP contribution in [0.3, 0.4) is 0 Å². The van der Waals surface area contributed by atoms with Crippen molar-refractivity contribution in [2.24, 2.45) is 0 Å². The Labute approximate surface area is 128 Å². The fraction of sp³-hybridized carbons (Fsp3) is 0.294. The fourth-order valence-corrected chi connectivity index (χ4v) is 3.27. The Balaban J connectivity index is 2.08. The summed E-state index contributed by atoms with van der Waals surface area (Å²) in [7, 11) is 1.73. The minimum atomic E-state index is 0.375. The summed E-state index contributed by atoms with van der Waals surface area (Å²) in [6.07, 6.45) is 1.07. The first-order chi connectivity index (χ1) is 9.78. The van der Waals surface area contributed by atoms with E-state index in [9.17, 15) is 0 Å². The smallest absolute Gasteiger partial charge is 0.119 e. The first-order valence-electron chi connectivity index (χ1n) is 6.91. The highest BCUT2D eigenvalue weighted by Crippen LogP contribution is 2.32. The predicted octanol–water partition coefficient (Wildman–Crippen LogP) is 3.74. The fourth-order valence-electron chi connectivity index (χ4n) is 2.85. The number of nitrogens with one attached hydrogen (secondary N) is 1. The minimum absolute atomic E-state index is 0.375. The van der Waals surface area contributed by atoms with Crippen molar-refractivity contribution in [3.63, 3.8) is 0 Å². The van der Waals surface area contributed by atoms with Crippen LogP contribution in [0.2, 0.25) is 0 Å². The van der Waals surface area contributed by atoms with Crippen molar-refractivity contribution < 1.29 is 4.74 Å². The van der Waals surface area contributed by atoms with Gasteiger partial charge < -0.3 is 10.1 Å². The van der Waals surface area contributed by atoms with Crippen LogP contribution in [0.15, 0.2) is 46.9 Å². The Hall–Kier alpha value is -1.32. The van der Waals surface area contributed by atoms with Gasteiger partial charge >= 0.3 is 0 Å². The number of benzene rings is 2. The zero-order valence-electron chi connectivity index (χ0n) is 11.5. The first kappa shape index (κ1) is 13.7. The maximum atomic E-state index is 5.40. The van der Waals surface area contributed by atoms with Crippen LogP contribution < -0.4 is 10.1 Å². The Morgan fingerprint density at radius 2 is 2.10 bits per heavy atom. The molecule has 20 heavy (non-hydrogen) atoms. The van der Waals surface area contributed by atoms with Gasteiger partial charge in [0.05, 0.1) is 7.11 Å². The molecule has 1 aliphatic rings. The topological polar surface area (TPSA) is 21.3 Å². The number of ether oxygens (including phenoxy) is 1. The molecule has 3 heteroatoms. The molecule has 0 saturated heterocycles. The van der Waals surface area contributed by atoms with E-state index in [1.54, 1.807) is 7.11 Å². The molecule has 1 N–H and O–H groups in total. The molecule has 1 heterocycles. The third-order valence-corrected chi connectivity index (χ3v) is 4.39. The monoisotopic (exact) mass is 331 g/mol. The average Bonchev–Trinajstić information content (AvgIpc) is 2.68. The number of hydrogen-bond acceptors (Lipinski definition) is 2. The van der Waals surface area contributed by atoms with E-state index in [-0.39, 0.29) is 0 Å². The summed E-state index contributed by atoms with van der Waals surface area (Å²) in [6, 6.07) is 15.0. The Morgan fingerprint density at radius 1 is 1.20 bits per heavy atom. The van der Waals surface area contributed by atoms with Gasteiger partial charge in [-0.15, -0.1) is 0 Å². The van der Waals surface area contributed by atoms with E-state index in [4.69, 9.17) is 4.74 Å². The second kappa shape index (κ2) is 5.98. The van der Waals surface area contributed by atoms with Crippen LogP contribution in [0.4, 0.5) is 0 Å². The molecule has 0 bridgehead atoms. The largest absolute Gasteiger partial charge is 0.497 e. The normalized spacial score (nSPS) is 18.2. The van der Waals surface area contributed by atoms with Gasteiger partial charge in [0.15, 0.2) is 0 Å². The average molecular weight is 332 g/mol. The van der Waals surface area contributed by atoms with E-state index >= 15 is 0 Å². The van der Waals surface area contributed by atoms with Crippen LogP contribution >= 0.6 is 15.9 Å². The van der Waals surface area contributed by atoms with Gasteiger partial charge in [0.2, 0.25) is 0 Å². The lowest BCUT2D eigenvalue weighted by Gasteiger charge is -2.19. The number of fused-ring (bicyclic) bond motifs is 1. The van der Waals surface area contributed by atoms with Crippen LogP contribution in [0, 0.1) is 0 Å². The molecule has 2 aromatic rings. The lowest BCUT2D eigenvalue weighted by Crippen LogP contribution is -2.20. The summed E-state index contributed by atoms with van der Waals surface area (Å²) >= 11 is 3.57. The van der Waals surface area contributed by atoms with E-state index in [1.165, 1.54) is 16.7 Å². The van der Waals surface area contributed by atoms with Crippen LogP contribution in [-0.4, -0.2) is 20.2 Å². The Morgan fingerprint density at radius 3 is 2.90 bits per heavy atom. The molecule has 0 amide bonds. The molecule has 0 spiro atoms. The summed E-state index contributed by atoms with van der Waals surface area (Å²) in [5.74, 6) is 1.31. The Bertz CT molecular complexity index is 612. The molecule has 1 atom stereocenters. The third-order valence-electron chi connectivity index (χ3n) is 3.90. The summed E-state index contributed by atoms with van der Waals surface area (Å²) in [4.78, 5) is 0. The lowest BCUT2D eigenvalue weighted by atomic mass is 9.88. The lowest BCUT2D eigenvalue weighted by molar-refractivity contribution is 0.414. The maximum absolute atomic E-state index is 5.40.